The molecule has 0 unspecified atom stereocenters. The fourth-order valence-corrected chi connectivity index (χ4v) is 2.36. The van der Waals surface area contributed by atoms with Gasteiger partial charge in [0.05, 0.1) is 13.5 Å². The molecule has 4 nitrogen and oxygen atoms in total. The smallest absolute Gasteiger partial charge is 0.307 e. The van der Waals surface area contributed by atoms with Gasteiger partial charge in [-0.05, 0) is 42.3 Å². The second-order valence-corrected chi connectivity index (χ2v) is 5.51. The highest BCUT2D eigenvalue weighted by molar-refractivity contribution is 5.94. The number of benzene rings is 2. The summed E-state index contributed by atoms with van der Waals surface area (Å²) in [7, 11) is 1.28. The highest BCUT2D eigenvalue weighted by atomic mass is 19.1. The fourth-order valence-electron chi connectivity index (χ4n) is 2.36. The van der Waals surface area contributed by atoms with Crippen molar-refractivity contribution in [2.75, 3.05) is 20.2 Å². The van der Waals surface area contributed by atoms with Crippen LogP contribution in [0.15, 0.2) is 48.5 Å². The van der Waals surface area contributed by atoms with E-state index in [4.69, 9.17) is 0 Å². The molecule has 0 aliphatic rings. The third-order valence-corrected chi connectivity index (χ3v) is 3.76. The summed E-state index contributed by atoms with van der Waals surface area (Å²) in [6, 6.07) is 11.4. The van der Waals surface area contributed by atoms with E-state index < -0.39 is 11.8 Å². The molecule has 0 aromatic heterocycles. The molecule has 2 rings (SSSR count). The Morgan fingerprint density at radius 2 is 1.72 bits per heavy atom. The first-order valence-corrected chi connectivity index (χ1v) is 7.85. The largest absolute Gasteiger partial charge is 0.469 e. The molecule has 132 valence electrons. The normalized spacial score (nSPS) is 10.4. The van der Waals surface area contributed by atoms with E-state index in [1.54, 1.807) is 12.1 Å². The third kappa shape index (κ3) is 5.67. The molecule has 2 aromatic rings. The van der Waals surface area contributed by atoms with Crippen LogP contribution in [0.25, 0.3) is 0 Å². The van der Waals surface area contributed by atoms with Gasteiger partial charge in [-0.15, -0.1) is 0 Å². The van der Waals surface area contributed by atoms with Gasteiger partial charge in [-0.25, -0.2) is 8.78 Å². The number of halogens is 2. The van der Waals surface area contributed by atoms with E-state index in [1.165, 1.54) is 42.3 Å². The van der Waals surface area contributed by atoms with Gasteiger partial charge in [-0.2, -0.15) is 0 Å². The third-order valence-electron chi connectivity index (χ3n) is 3.76. The highest BCUT2D eigenvalue weighted by Gasteiger charge is 2.17. The molecule has 0 radical (unpaired) electrons. The average molecular weight is 347 g/mol. The molecule has 0 atom stereocenters. The van der Waals surface area contributed by atoms with Crippen LogP contribution in [-0.4, -0.2) is 37.0 Å². The highest BCUT2D eigenvalue weighted by Crippen LogP contribution is 2.11. The minimum Gasteiger partial charge on any atom is -0.469 e. The van der Waals surface area contributed by atoms with E-state index >= 15 is 0 Å². The maximum absolute atomic E-state index is 13.4. The molecule has 0 saturated heterocycles. The second-order valence-electron chi connectivity index (χ2n) is 5.51. The van der Waals surface area contributed by atoms with Crippen LogP contribution < -0.4 is 0 Å². The van der Waals surface area contributed by atoms with Crippen LogP contribution >= 0.6 is 0 Å². The molecule has 0 fully saturated rings. The monoisotopic (exact) mass is 347 g/mol. The van der Waals surface area contributed by atoms with Gasteiger partial charge in [-0.1, -0.05) is 18.2 Å². The zero-order chi connectivity index (χ0) is 18.2. The Balaban J connectivity index is 2.09. The van der Waals surface area contributed by atoms with E-state index in [0.29, 0.717) is 13.0 Å². The van der Waals surface area contributed by atoms with E-state index in [-0.39, 0.29) is 30.3 Å². The fraction of sp³-hybridized carbons (Fsp3) is 0.263. The lowest BCUT2D eigenvalue weighted by atomic mass is 10.1. The van der Waals surface area contributed by atoms with Crippen LogP contribution in [0.4, 0.5) is 8.78 Å². The second kappa shape index (κ2) is 8.92. The molecular formula is C19H19F2NO3. The molecule has 0 spiro atoms. The van der Waals surface area contributed by atoms with Crippen molar-refractivity contribution in [2.24, 2.45) is 0 Å². The number of ether oxygens (including phenoxy) is 1. The zero-order valence-corrected chi connectivity index (χ0v) is 13.9. The van der Waals surface area contributed by atoms with E-state index in [9.17, 15) is 18.4 Å². The summed E-state index contributed by atoms with van der Waals surface area (Å²) in [5.41, 5.74) is 1.07. The Labute approximate surface area is 145 Å². The number of carbonyl (C=O) groups excluding carboxylic acids is 2. The number of methoxy groups -OCH3 is 1. The Bertz CT molecular complexity index is 732. The standard InChI is InChI=1S/C19H19F2NO3/c1-25-18(23)10-12-22(11-9-14-5-7-16(20)8-6-14)19(24)15-3-2-4-17(21)13-15/h2-8,13H,9-12H2,1H3. The van der Waals surface area contributed by atoms with Crippen molar-refractivity contribution in [3.05, 3.63) is 71.3 Å². The molecule has 0 aliphatic heterocycles. The number of rotatable bonds is 7. The van der Waals surface area contributed by atoms with Crippen molar-refractivity contribution in [3.63, 3.8) is 0 Å². The van der Waals surface area contributed by atoms with Gasteiger partial charge in [0.25, 0.3) is 5.91 Å². The summed E-state index contributed by atoms with van der Waals surface area (Å²) >= 11 is 0. The van der Waals surface area contributed by atoms with Crippen LogP contribution in [0.5, 0.6) is 0 Å². The minimum atomic E-state index is -0.502. The number of hydrogen-bond donors (Lipinski definition) is 0. The van der Waals surface area contributed by atoms with Crippen molar-refractivity contribution < 1.29 is 23.1 Å². The first-order chi connectivity index (χ1) is 12.0. The molecule has 0 N–H and O–H groups in total. The average Bonchev–Trinajstić information content (AvgIpc) is 2.62. The number of hydrogen-bond acceptors (Lipinski definition) is 3. The van der Waals surface area contributed by atoms with Gasteiger partial charge in [0.2, 0.25) is 0 Å². The SMILES string of the molecule is COC(=O)CCN(CCc1ccc(F)cc1)C(=O)c1cccc(F)c1. The van der Waals surface area contributed by atoms with Gasteiger partial charge in [-0.3, -0.25) is 9.59 Å². The molecule has 6 heteroatoms. The van der Waals surface area contributed by atoms with Crippen molar-refractivity contribution in [3.8, 4) is 0 Å². The maximum Gasteiger partial charge on any atom is 0.307 e. The van der Waals surface area contributed by atoms with Gasteiger partial charge in [0.1, 0.15) is 11.6 Å². The van der Waals surface area contributed by atoms with E-state index in [2.05, 4.69) is 4.74 Å². The van der Waals surface area contributed by atoms with Crippen LogP contribution in [0.3, 0.4) is 0 Å². The summed E-state index contributed by atoms with van der Waals surface area (Å²) < 4.78 is 30.9. The summed E-state index contributed by atoms with van der Waals surface area (Å²) in [4.78, 5) is 25.5. The van der Waals surface area contributed by atoms with Crippen molar-refractivity contribution in [2.45, 2.75) is 12.8 Å². The van der Waals surface area contributed by atoms with Gasteiger partial charge >= 0.3 is 5.97 Å². The van der Waals surface area contributed by atoms with Crippen LogP contribution in [0, 0.1) is 11.6 Å². The topological polar surface area (TPSA) is 46.6 Å². The zero-order valence-electron chi connectivity index (χ0n) is 13.9. The van der Waals surface area contributed by atoms with Crippen LogP contribution in [0.1, 0.15) is 22.3 Å². The lowest BCUT2D eigenvalue weighted by Gasteiger charge is -2.22. The number of nitrogens with zero attached hydrogens (tertiary/aromatic N) is 1. The Morgan fingerprint density at radius 3 is 2.36 bits per heavy atom. The summed E-state index contributed by atoms with van der Waals surface area (Å²) in [5.74, 6) is -1.64. The summed E-state index contributed by atoms with van der Waals surface area (Å²) in [5, 5.41) is 0. The Hall–Kier alpha value is -2.76. The number of amides is 1. The lowest BCUT2D eigenvalue weighted by Crippen LogP contribution is -2.35. The maximum atomic E-state index is 13.4. The van der Waals surface area contributed by atoms with E-state index in [1.807, 2.05) is 0 Å². The lowest BCUT2D eigenvalue weighted by molar-refractivity contribution is -0.140. The molecule has 0 heterocycles. The predicted octanol–water partition coefficient (Wildman–Crippen LogP) is 3.21. The molecule has 0 saturated carbocycles. The van der Waals surface area contributed by atoms with E-state index in [0.717, 1.165) is 11.6 Å². The molecule has 2 aromatic carbocycles. The molecule has 0 bridgehead atoms. The minimum absolute atomic E-state index is 0.0426. The molecule has 0 aliphatic carbocycles. The first kappa shape index (κ1) is 18.6. The number of esters is 1. The number of carbonyl (C=O) groups is 2. The Morgan fingerprint density at radius 1 is 1.00 bits per heavy atom. The quantitative estimate of drug-likeness (QED) is 0.723. The van der Waals surface area contributed by atoms with Crippen LogP contribution in [0.2, 0.25) is 0 Å². The van der Waals surface area contributed by atoms with Crippen molar-refractivity contribution in [1.29, 1.82) is 0 Å². The summed E-state index contributed by atoms with van der Waals surface area (Å²) in [6.45, 7) is 0.473. The summed E-state index contributed by atoms with van der Waals surface area (Å²) in [6.07, 6.45) is 0.531. The van der Waals surface area contributed by atoms with Crippen LogP contribution in [-0.2, 0) is 16.0 Å². The molecular weight excluding hydrogens is 328 g/mol. The van der Waals surface area contributed by atoms with Crippen molar-refractivity contribution >= 4 is 11.9 Å². The van der Waals surface area contributed by atoms with Gasteiger partial charge in [0.15, 0.2) is 0 Å². The molecule has 25 heavy (non-hydrogen) atoms. The predicted molar refractivity (Wildman–Crippen MR) is 89.0 cm³/mol. The Kier molecular flexibility index (Phi) is 6.62. The first-order valence-electron chi connectivity index (χ1n) is 7.85. The van der Waals surface area contributed by atoms with Gasteiger partial charge in [0, 0.05) is 18.7 Å². The van der Waals surface area contributed by atoms with Gasteiger partial charge < -0.3 is 9.64 Å². The molecule has 1 amide bonds. The van der Waals surface area contributed by atoms with Crippen molar-refractivity contribution in [1.82, 2.24) is 4.90 Å².